The second kappa shape index (κ2) is 10.3. The summed E-state index contributed by atoms with van der Waals surface area (Å²) in [5.74, 6) is -0.225. The normalized spacial score (nSPS) is 15.8. The SMILES string of the molecule is COc1cccc(/C=C/C(=O)N2CCCN(S(=O)(=O)c3c(C)noc3C)CC2)c1OC(F)F. The highest BCUT2D eigenvalue weighted by Gasteiger charge is 2.32. The van der Waals surface area contributed by atoms with E-state index in [1.54, 1.807) is 13.0 Å². The lowest BCUT2D eigenvalue weighted by atomic mass is 10.1. The lowest BCUT2D eigenvalue weighted by Gasteiger charge is -2.21. The molecule has 0 atom stereocenters. The predicted octanol–water partition coefficient (Wildman–Crippen LogP) is 2.84. The molecule has 1 aliphatic rings. The molecule has 180 valence electrons. The quantitative estimate of drug-likeness (QED) is 0.556. The number of benzene rings is 1. The largest absolute Gasteiger partial charge is 0.493 e. The summed E-state index contributed by atoms with van der Waals surface area (Å²) in [6.45, 7) is 0.898. The topological polar surface area (TPSA) is 102 Å². The molecule has 1 amide bonds. The van der Waals surface area contributed by atoms with Gasteiger partial charge in [-0.1, -0.05) is 17.3 Å². The fourth-order valence-electron chi connectivity index (χ4n) is 3.63. The number of carbonyl (C=O) groups excluding carboxylic acids is 1. The van der Waals surface area contributed by atoms with Crippen LogP contribution in [0, 0.1) is 13.8 Å². The van der Waals surface area contributed by atoms with Crippen LogP contribution >= 0.6 is 0 Å². The van der Waals surface area contributed by atoms with Gasteiger partial charge < -0.3 is 18.9 Å². The number of sulfonamides is 1. The second-order valence-electron chi connectivity index (χ2n) is 7.33. The van der Waals surface area contributed by atoms with E-state index in [9.17, 15) is 22.0 Å². The Morgan fingerprint density at radius 2 is 1.97 bits per heavy atom. The molecule has 1 fully saturated rings. The van der Waals surface area contributed by atoms with Crippen molar-refractivity contribution in [1.82, 2.24) is 14.4 Å². The molecule has 0 unspecified atom stereocenters. The molecule has 0 bridgehead atoms. The Labute approximate surface area is 190 Å². The molecule has 0 N–H and O–H groups in total. The van der Waals surface area contributed by atoms with Crippen molar-refractivity contribution in [2.24, 2.45) is 0 Å². The Morgan fingerprint density at radius 1 is 1.21 bits per heavy atom. The van der Waals surface area contributed by atoms with Gasteiger partial charge in [-0.05, 0) is 32.4 Å². The maximum Gasteiger partial charge on any atom is 0.387 e. The van der Waals surface area contributed by atoms with E-state index in [2.05, 4.69) is 9.89 Å². The van der Waals surface area contributed by atoms with Gasteiger partial charge in [0.2, 0.25) is 15.9 Å². The van der Waals surface area contributed by atoms with Gasteiger partial charge in [0.05, 0.1) is 7.11 Å². The van der Waals surface area contributed by atoms with E-state index in [0.717, 1.165) is 0 Å². The number of alkyl halides is 2. The van der Waals surface area contributed by atoms with Crippen molar-refractivity contribution in [2.45, 2.75) is 31.8 Å². The van der Waals surface area contributed by atoms with Crippen LogP contribution in [-0.4, -0.2) is 68.6 Å². The lowest BCUT2D eigenvalue weighted by molar-refractivity contribution is -0.125. The molecule has 3 rings (SSSR count). The number of nitrogens with zero attached hydrogens (tertiary/aromatic N) is 3. The van der Waals surface area contributed by atoms with Crippen molar-refractivity contribution in [1.29, 1.82) is 0 Å². The van der Waals surface area contributed by atoms with Gasteiger partial charge in [-0.3, -0.25) is 4.79 Å². The van der Waals surface area contributed by atoms with E-state index < -0.39 is 16.6 Å². The zero-order valence-electron chi connectivity index (χ0n) is 18.5. The molecule has 1 aromatic heterocycles. The molecule has 1 aliphatic heterocycles. The third kappa shape index (κ3) is 5.50. The Balaban J connectivity index is 1.73. The number of aromatic nitrogens is 1. The van der Waals surface area contributed by atoms with Crippen molar-refractivity contribution < 1.29 is 36.0 Å². The number of carbonyl (C=O) groups is 1. The second-order valence-corrected chi connectivity index (χ2v) is 9.20. The van der Waals surface area contributed by atoms with Gasteiger partial charge in [-0.25, -0.2) is 8.42 Å². The smallest absolute Gasteiger partial charge is 0.387 e. The van der Waals surface area contributed by atoms with Crippen LogP contribution in [0.5, 0.6) is 11.5 Å². The number of hydrogen-bond donors (Lipinski definition) is 0. The van der Waals surface area contributed by atoms with Crippen molar-refractivity contribution in [3.8, 4) is 11.5 Å². The number of para-hydroxylation sites is 1. The predicted molar refractivity (Wildman–Crippen MR) is 115 cm³/mol. The summed E-state index contributed by atoms with van der Waals surface area (Å²) < 4.78 is 67.6. The third-order valence-electron chi connectivity index (χ3n) is 5.17. The number of aryl methyl sites for hydroxylation is 2. The average molecular weight is 486 g/mol. The van der Waals surface area contributed by atoms with Crippen LogP contribution in [0.15, 0.2) is 33.7 Å². The van der Waals surface area contributed by atoms with Crippen LogP contribution < -0.4 is 9.47 Å². The summed E-state index contributed by atoms with van der Waals surface area (Å²) in [5.41, 5.74) is 0.535. The molecular weight excluding hydrogens is 460 g/mol. The molecule has 0 spiro atoms. The first kappa shape index (κ1) is 24.6. The van der Waals surface area contributed by atoms with Crippen molar-refractivity contribution in [2.75, 3.05) is 33.3 Å². The average Bonchev–Trinajstić information content (AvgIpc) is 2.96. The van der Waals surface area contributed by atoms with Gasteiger partial charge in [0, 0.05) is 37.8 Å². The molecule has 9 nitrogen and oxygen atoms in total. The first-order valence-electron chi connectivity index (χ1n) is 10.2. The number of hydrogen-bond acceptors (Lipinski definition) is 7. The van der Waals surface area contributed by atoms with Gasteiger partial charge in [0.25, 0.3) is 0 Å². The summed E-state index contributed by atoms with van der Waals surface area (Å²) in [5, 5.41) is 3.71. The number of rotatable bonds is 7. The number of methoxy groups -OCH3 is 1. The van der Waals surface area contributed by atoms with E-state index >= 15 is 0 Å². The monoisotopic (exact) mass is 485 g/mol. The van der Waals surface area contributed by atoms with Gasteiger partial charge in [0.15, 0.2) is 17.3 Å². The Morgan fingerprint density at radius 3 is 2.61 bits per heavy atom. The standard InChI is InChI=1S/C21H25F2N3O6S/c1-14-20(15(2)32-24-14)33(28,29)26-11-5-10-25(12-13-26)18(27)9-8-16-6-4-7-17(30-3)19(16)31-21(22)23/h4,6-9,21H,5,10-13H2,1-3H3/b9-8+. The summed E-state index contributed by atoms with van der Waals surface area (Å²) in [6.07, 6.45) is 3.04. The van der Waals surface area contributed by atoms with E-state index in [4.69, 9.17) is 9.26 Å². The molecule has 12 heteroatoms. The minimum Gasteiger partial charge on any atom is -0.493 e. The number of halogens is 2. The number of ether oxygens (including phenoxy) is 2. The zero-order valence-corrected chi connectivity index (χ0v) is 19.3. The third-order valence-corrected chi connectivity index (χ3v) is 7.32. The van der Waals surface area contributed by atoms with E-state index in [1.165, 1.54) is 47.5 Å². The molecule has 2 aromatic rings. The molecule has 0 radical (unpaired) electrons. The van der Waals surface area contributed by atoms with Gasteiger partial charge in [-0.2, -0.15) is 13.1 Å². The Hall–Kier alpha value is -2.99. The zero-order chi connectivity index (χ0) is 24.2. The highest BCUT2D eigenvalue weighted by molar-refractivity contribution is 7.89. The molecule has 0 aliphatic carbocycles. The van der Waals surface area contributed by atoms with Gasteiger partial charge in [-0.15, -0.1) is 0 Å². The van der Waals surface area contributed by atoms with Crippen LogP contribution in [0.2, 0.25) is 0 Å². The maximum absolute atomic E-state index is 13.0. The van der Waals surface area contributed by atoms with E-state index in [0.29, 0.717) is 13.0 Å². The van der Waals surface area contributed by atoms with E-state index in [1.807, 2.05) is 0 Å². The van der Waals surface area contributed by atoms with Crippen LogP contribution in [0.1, 0.15) is 23.4 Å². The van der Waals surface area contributed by atoms with Gasteiger partial charge >= 0.3 is 6.61 Å². The van der Waals surface area contributed by atoms with Crippen LogP contribution in [0.25, 0.3) is 6.08 Å². The first-order valence-corrected chi connectivity index (χ1v) is 11.6. The fraction of sp³-hybridized carbons (Fsp3) is 0.429. The van der Waals surface area contributed by atoms with E-state index in [-0.39, 0.29) is 59.0 Å². The molecule has 33 heavy (non-hydrogen) atoms. The summed E-state index contributed by atoms with van der Waals surface area (Å²) >= 11 is 0. The fourth-order valence-corrected chi connectivity index (χ4v) is 5.39. The molecule has 2 heterocycles. The van der Waals surface area contributed by atoms with Crippen LogP contribution in [-0.2, 0) is 14.8 Å². The van der Waals surface area contributed by atoms with Crippen molar-refractivity contribution >= 4 is 22.0 Å². The molecular formula is C21H25F2N3O6S. The maximum atomic E-state index is 13.0. The van der Waals surface area contributed by atoms with Crippen molar-refractivity contribution in [3.63, 3.8) is 0 Å². The first-order chi connectivity index (χ1) is 15.6. The molecule has 1 saturated heterocycles. The van der Waals surface area contributed by atoms with Crippen LogP contribution in [0.4, 0.5) is 8.78 Å². The lowest BCUT2D eigenvalue weighted by Crippen LogP contribution is -2.37. The summed E-state index contributed by atoms with van der Waals surface area (Å²) in [7, 11) is -2.49. The van der Waals surface area contributed by atoms with Gasteiger partial charge in [0.1, 0.15) is 10.6 Å². The minimum absolute atomic E-state index is 0.0479. The van der Waals surface area contributed by atoms with Crippen molar-refractivity contribution in [3.05, 3.63) is 41.3 Å². The molecule has 0 saturated carbocycles. The number of amides is 1. The molecule has 1 aromatic carbocycles. The summed E-state index contributed by atoms with van der Waals surface area (Å²) in [6, 6.07) is 4.58. The summed E-state index contributed by atoms with van der Waals surface area (Å²) in [4.78, 5) is 14.3. The highest BCUT2D eigenvalue weighted by Crippen LogP contribution is 2.33. The Kier molecular flexibility index (Phi) is 7.69. The minimum atomic E-state index is -3.81. The highest BCUT2D eigenvalue weighted by atomic mass is 32.2. The van der Waals surface area contributed by atoms with Crippen LogP contribution in [0.3, 0.4) is 0 Å². The Bertz CT molecular complexity index is 1110.